The van der Waals surface area contributed by atoms with Crippen LogP contribution >= 0.6 is 11.6 Å². The summed E-state index contributed by atoms with van der Waals surface area (Å²) < 4.78 is 0. The van der Waals surface area contributed by atoms with E-state index in [1.165, 1.54) is 18.2 Å². The average Bonchev–Trinajstić information content (AvgIpc) is 2.38. The van der Waals surface area contributed by atoms with Crippen LogP contribution in [0.4, 0.5) is 5.69 Å². The van der Waals surface area contributed by atoms with Crippen LogP contribution < -0.4 is 5.32 Å². The third-order valence-electron chi connectivity index (χ3n) is 2.74. The van der Waals surface area contributed by atoms with Gasteiger partial charge in [-0.3, -0.25) is 4.79 Å². The summed E-state index contributed by atoms with van der Waals surface area (Å²) in [4.78, 5) is 12.0. The molecule has 0 unspecified atom stereocenters. The maximum absolute atomic E-state index is 12.0. The molecule has 0 aliphatic heterocycles. The molecule has 2 aromatic rings. The maximum Gasteiger partial charge on any atom is 0.259 e. The molecule has 5 heteroatoms. The van der Waals surface area contributed by atoms with Crippen molar-refractivity contribution in [3.05, 3.63) is 52.5 Å². The average molecular weight is 278 g/mol. The summed E-state index contributed by atoms with van der Waals surface area (Å²) in [5.74, 6) is -0.806. The second-order valence-electron chi connectivity index (χ2n) is 4.07. The molecule has 0 saturated heterocycles. The molecule has 0 atom stereocenters. The molecule has 0 aromatic heterocycles. The fourth-order valence-electron chi connectivity index (χ4n) is 1.64. The van der Waals surface area contributed by atoms with Crippen LogP contribution in [0.15, 0.2) is 36.4 Å². The van der Waals surface area contributed by atoms with Gasteiger partial charge < -0.3 is 15.5 Å². The molecular formula is C14H12ClNO3. The van der Waals surface area contributed by atoms with Crippen molar-refractivity contribution in [2.24, 2.45) is 0 Å². The fourth-order valence-corrected chi connectivity index (χ4v) is 1.81. The topological polar surface area (TPSA) is 69.6 Å². The molecule has 0 aliphatic carbocycles. The Bertz CT molecular complexity index is 641. The first-order chi connectivity index (χ1) is 8.99. The van der Waals surface area contributed by atoms with Gasteiger partial charge in [0, 0.05) is 10.7 Å². The molecular weight excluding hydrogens is 266 g/mol. The van der Waals surface area contributed by atoms with E-state index in [-0.39, 0.29) is 17.1 Å². The number of hydrogen-bond donors (Lipinski definition) is 3. The van der Waals surface area contributed by atoms with Crippen molar-refractivity contribution in [1.29, 1.82) is 0 Å². The number of hydrogen-bond acceptors (Lipinski definition) is 3. The molecule has 19 heavy (non-hydrogen) atoms. The Labute approximate surface area is 115 Å². The fraction of sp³-hybridized carbons (Fsp3) is 0.0714. The number of benzene rings is 2. The molecule has 3 N–H and O–H groups in total. The third kappa shape index (κ3) is 2.80. The van der Waals surface area contributed by atoms with Crippen molar-refractivity contribution in [1.82, 2.24) is 0 Å². The third-order valence-corrected chi connectivity index (χ3v) is 3.15. The number of halogens is 1. The summed E-state index contributed by atoms with van der Waals surface area (Å²) in [5, 5.41) is 22.1. The van der Waals surface area contributed by atoms with Crippen molar-refractivity contribution in [2.45, 2.75) is 6.92 Å². The maximum atomic E-state index is 12.0. The van der Waals surface area contributed by atoms with Crippen LogP contribution in [0.3, 0.4) is 0 Å². The van der Waals surface area contributed by atoms with Gasteiger partial charge in [0.2, 0.25) is 0 Å². The van der Waals surface area contributed by atoms with Crippen LogP contribution in [0, 0.1) is 6.92 Å². The Kier molecular flexibility index (Phi) is 3.62. The van der Waals surface area contributed by atoms with E-state index < -0.39 is 5.91 Å². The van der Waals surface area contributed by atoms with E-state index in [1.54, 1.807) is 25.1 Å². The number of phenolic OH excluding ortho intramolecular Hbond substituents is 2. The Morgan fingerprint density at radius 2 is 1.95 bits per heavy atom. The Hall–Kier alpha value is -2.20. The van der Waals surface area contributed by atoms with Gasteiger partial charge in [-0.15, -0.1) is 0 Å². The highest BCUT2D eigenvalue weighted by molar-refractivity contribution is 6.31. The second-order valence-corrected chi connectivity index (χ2v) is 4.48. The number of carbonyl (C=O) groups excluding carboxylic acids is 1. The number of aromatic hydroxyl groups is 2. The summed E-state index contributed by atoms with van der Waals surface area (Å²) in [5.41, 5.74) is 1.29. The second kappa shape index (κ2) is 5.20. The standard InChI is InChI=1S/C14H12ClNO3/c1-8-11(15)3-2-4-12(8)16-14(19)10-7-9(17)5-6-13(10)18/h2-7,17-18H,1H3,(H,16,19). The van der Waals surface area contributed by atoms with E-state index in [2.05, 4.69) is 5.32 Å². The van der Waals surface area contributed by atoms with Gasteiger partial charge in [-0.05, 0) is 42.8 Å². The molecule has 2 aromatic carbocycles. The van der Waals surface area contributed by atoms with Crippen molar-refractivity contribution < 1.29 is 15.0 Å². The highest BCUT2D eigenvalue weighted by atomic mass is 35.5. The van der Waals surface area contributed by atoms with Crippen LogP contribution in [-0.4, -0.2) is 16.1 Å². The van der Waals surface area contributed by atoms with Crippen molar-refractivity contribution in [3.8, 4) is 11.5 Å². The molecule has 0 saturated carbocycles. The minimum absolute atomic E-state index is 0.000578. The smallest absolute Gasteiger partial charge is 0.259 e. The summed E-state index contributed by atoms with van der Waals surface area (Å²) in [6, 6.07) is 8.90. The molecule has 0 aliphatic rings. The summed E-state index contributed by atoms with van der Waals surface area (Å²) in [6.45, 7) is 1.78. The molecule has 0 radical (unpaired) electrons. The molecule has 0 spiro atoms. The lowest BCUT2D eigenvalue weighted by molar-refractivity contribution is 0.102. The van der Waals surface area contributed by atoms with Crippen LogP contribution in [0.5, 0.6) is 11.5 Å². The zero-order valence-corrected chi connectivity index (χ0v) is 10.9. The number of anilines is 1. The van der Waals surface area contributed by atoms with E-state index >= 15 is 0 Å². The van der Waals surface area contributed by atoms with Gasteiger partial charge in [-0.1, -0.05) is 17.7 Å². The van der Waals surface area contributed by atoms with Crippen molar-refractivity contribution in [2.75, 3.05) is 5.32 Å². The van der Waals surface area contributed by atoms with Gasteiger partial charge in [0.25, 0.3) is 5.91 Å². The van der Waals surface area contributed by atoms with Crippen LogP contribution in [-0.2, 0) is 0 Å². The minimum atomic E-state index is -0.515. The van der Waals surface area contributed by atoms with Crippen molar-refractivity contribution in [3.63, 3.8) is 0 Å². The predicted molar refractivity (Wildman–Crippen MR) is 73.9 cm³/mol. The largest absolute Gasteiger partial charge is 0.508 e. The number of amides is 1. The molecule has 4 nitrogen and oxygen atoms in total. The van der Waals surface area contributed by atoms with Crippen LogP contribution in [0.25, 0.3) is 0 Å². The predicted octanol–water partition coefficient (Wildman–Crippen LogP) is 3.31. The first kappa shape index (κ1) is 13.2. The number of carbonyl (C=O) groups is 1. The summed E-state index contributed by atoms with van der Waals surface area (Å²) >= 11 is 5.96. The van der Waals surface area contributed by atoms with Crippen LogP contribution in [0.2, 0.25) is 5.02 Å². The van der Waals surface area contributed by atoms with E-state index in [0.717, 1.165) is 5.56 Å². The number of phenols is 2. The van der Waals surface area contributed by atoms with E-state index in [1.807, 2.05) is 0 Å². The first-order valence-electron chi connectivity index (χ1n) is 5.57. The minimum Gasteiger partial charge on any atom is -0.508 e. The zero-order chi connectivity index (χ0) is 14.0. The van der Waals surface area contributed by atoms with Gasteiger partial charge in [0.1, 0.15) is 11.5 Å². The highest BCUT2D eigenvalue weighted by Crippen LogP contribution is 2.26. The zero-order valence-electron chi connectivity index (χ0n) is 10.1. The quantitative estimate of drug-likeness (QED) is 0.738. The number of rotatable bonds is 2. The van der Waals surface area contributed by atoms with Gasteiger partial charge >= 0.3 is 0 Å². The molecule has 2 rings (SSSR count). The lowest BCUT2D eigenvalue weighted by atomic mass is 10.1. The van der Waals surface area contributed by atoms with E-state index in [4.69, 9.17) is 11.6 Å². The molecule has 0 bridgehead atoms. The monoisotopic (exact) mass is 277 g/mol. The molecule has 0 heterocycles. The first-order valence-corrected chi connectivity index (χ1v) is 5.95. The van der Waals surface area contributed by atoms with E-state index in [9.17, 15) is 15.0 Å². The summed E-state index contributed by atoms with van der Waals surface area (Å²) in [7, 11) is 0. The number of nitrogens with one attached hydrogen (secondary N) is 1. The van der Waals surface area contributed by atoms with E-state index in [0.29, 0.717) is 10.7 Å². The Morgan fingerprint density at radius 1 is 1.21 bits per heavy atom. The summed E-state index contributed by atoms with van der Waals surface area (Å²) in [6.07, 6.45) is 0. The van der Waals surface area contributed by atoms with Gasteiger partial charge in [-0.25, -0.2) is 0 Å². The lowest BCUT2D eigenvalue weighted by Crippen LogP contribution is -2.13. The Morgan fingerprint density at radius 3 is 2.68 bits per heavy atom. The van der Waals surface area contributed by atoms with Gasteiger partial charge in [-0.2, -0.15) is 0 Å². The van der Waals surface area contributed by atoms with Gasteiger partial charge in [0.15, 0.2) is 0 Å². The van der Waals surface area contributed by atoms with Crippen LogP contribution in [0.1, 0.15) is 15.9 Å². The van der Waals surface area contributed by atoms with Gasteiger partial charge in [0.05, 0.1) is 5.56 Å². The highest BCUT2D eigenvalue weighted by Gasteiger charge is 2.13. The lowest BCUT2D eigenvalue weighted by Gasteiger charge is -2.10. The normalized spacial score (nSPS) is 10.2. The molecule has 1 amide bonds. The Balaban J connectivity index is 2.31. The SMILES string of the molecule is Cc1c(Cl)cccc1NC(=O)c1cc(O)ccc1O. The molecule has 98 valence electrons. The van der Waals surface area contributed by atoms with Crippen molar-refractivity contribution >= 4 is 23.2 Å². The molecule has 0 fully saturated rings.